The molecule has 9 nitrogen and oxygen atoms in total. The lowest BCUT2D eigenvalue weighted by Crippen LogP contribution is -2.43. The van der Waals surface area contributed by atoms with Crippen molar-refractivity contribution < 1.29 is 34.4 Å². The van der Waals surface area contributed by atoms with E-state index in [1.54, 1.807) is 18.1 Å². The summed E-state index contributed by atoms with van der Waals surface area (Å²) in [5.74, 6) is -3.23. The maximum absolute atomic E-state index is 13.0. The Kier molecular flexibility index (Phi) is 9.33. The minimum Gasteiger partial charge on any atom is -0.497 e. The molecule has 1 amide bonds. The summed E-state index contributed by atoms with van der Waals surface area (Å²) in [6.07, 6.45) is -1.16. The van der Waals surface area contributed by atoms with E-state index in [1.165, 1.54) is 11.8 Å². The molecule has 0 saturated carbocycles. The lowest BCUT2D eigenvalue weighted by atomic mass is 10.1. The highest BCUT2D eigenvalue weighted by atomic mass is 35.5. The summed E-state index contributed by atoms with van der Waals surface area (Å²) < 4.78 is 5.19. The third kappa shape index (κ3) is 6.36. The van der Waals surface area contributed by atoms with Crippen LogP contribution in [0.2, 0.25) is 5.02 Å². The second-order valence-corrected chi connectivity index (χ2v) is 8.19. The molecule has 1 heterocycles. The first kappa shape index (κ1) is 25.5. The van der Waals surface area contributed by atoms with Crippen LogP contribution in [0.3, 0.4) is 0 Å². The number of thioether (sulfide) groups is 1. The van der Waals surface area contributed by atoms with Gasteiger partial charge in [0.1, 0.15) is 11.9 Å². The smallest absolute Gasteiger partial charge is 0.414 e. The van der Waals surface area contributed by atoms with Gasteiger partial charge in [-0.05, 0) is 42.9 Å². The molecule has 2 atom stereocenters. The fourth-order valence-electron chi connectivity index (χ4n) is 2.91. The average molecular weight is 483 g/mol. The third-order valence-corrected chi connectivity index (χ3v) is 6.09. The van der Waals surface area contributed by atoms with E-state index in [2.05, 4.69) is 5.32 Å². The minimum absolute atomic E-state index is 0.311. The van der Waals surface area contributed by atoms with Gasteiger partial charge in [0.25, 0.3) is 5.91 Å². The first-order chi connectivity index (χ1) is 15.2. The van der Waals surface area contributed by atoms with Crippen LogP contribution < -0.4 is 15.0 Å². The molecule has 0 bridgehead atoms. The van der Waals surface area contributed by atoms with E-state index in [4.69, 9.17) is 36.1 Å². The maximum atomic E-state index is 13.0. The number of amides is 1. The standard InChI is InChI=1S/C19H21ClN2O3S.C2H2O4/c1-21-9-10-22-15-8-5-13(20)11-16(15)26-18(17(23)19(22)24)12-3-6-14(25-2)7-4-12;3-1(4)2(5)6/h3-8,11,17-18,21,23H,9-10H2,1-2H3;(H,3,4)(H,5,6)/t17-,18+;/m1./s1. The van der Waals surface area contributed by atoms with Gasteiger partial charge in [-0.15, -0.1) is 11.8 Å². The number of fused-ring (bicyclic) bond motifs is 1. The average Bonchev–Trinajstić information content (AvgIpc) is 2.87. The number of rotatable bonds is 5. The van der Waals surface area contributed by atoms with Crippen molar-refractivity contribution >= 4 is 46.9 Å². The van der Waals surface area contributed by atoms with Gasteiger partial charge in [0.2, 0.25) is 0 Å². The third-order valence-electron chi connectivity index (χ3n) is 4.49. The number of carbonyl (C=O) groups is 3. The number of halogens is 1. The molecule has 4 N–H and O–H groups in total. The van der Waals surface area contributed by atoms with E-state index in [9.17, 15) is 9.90 Å². The minimum atomic E-state index is -1.82. The monoisotopic (exact) mass is 482 g/mol. The predicted octanol–water partition coefficient (Wildman–Crippen LogP) is 2.26. The van der Waals surface area contributed by atoms with Crippen molar-refractivity contribution in [3.05, 3.63) is 53.1 Å². The van der Waals surface area contributed by atoms with Gasteiger partial charge < -0.3 is 30.3 Å². The van der Waals surface area contributed by atoms with E-state index >= 15 is 0 Å². The molecule has 2 aromatic carbocycles. The van der Waals surface area contributed by atoms with Gasteiger partial charge in [-0.1, -0.05) is 23.7 Å². The molecule has 0 radical (unpaired) electrons. The first-order valence-corrected chi connectivity index (χ1v) is 10.7. The quantitative estimate of drug-likeness (QED) is 0.473. The fourth-order valence-corrected chi connectivity index (χ4v) is 4.46. The SMILES string of the molecule is CNCCN1C(=O)[C@H](O)[C@H](c2ccc(OC)cc2)Sc2cc(Cl)ccc21.O=C(O)C(=O)O. The van der Waals surface area contributed by atoms with E-state index in [0.29, 0.717) is 18.1 Å². The number of likely N-dealkylation sites (N-methyl/N-ethyl adjacent to an activating group) is 1. The van der Waals surface area contributed by atoms with E-state index in [0.717, 1.165) is 21.9 Å². The number of nitrogens with zero attached hydrogens (tertiary/aromatic N) is 1. The van der Waals surface area contributed by atoms with Gasteiger partial charge in [0.15, 0.2) is 0 Å². The van der Waals surface area contributed by atoms with Gasteiger partial charge in [-0.25, -0.2) is 9.59 Å². The number of carbonyl (C=O) groups excluding carboxylic acids is 1. The summed E-state index contributed by atoms with van der Waals surface area (Å²) in [6, 6.07) is 12.9. The molecule has 3 rings (SSSR count). The Morgan fingerprint density at radius 2 is 1.78 bits per heavy atom. The number of carboxylic acid groups (broad SMARTS) is 2. The lowest BCUT2D eigenvalue weighted by Gasteiger charge is -2.25. The number of hydrogen-bond donors (Lipinski definition) is 4. The van der Waals surface area contributed by atoms with Crippen molar-refractivity contribution in [1.82, 2.24) is 5.32 Å². The van der Waals surface area contributed by atoms with Crippen LogP contribution in [0.15, 0.2) is 47.4 Å². The number of benzene rings is 2. The fraction of sp³-hybridized carbons (Fsp3) is 0.286. The number of aliphatic hydroxyl groups excluding tert-OH is 1. The summed E-state index contributed by atoms with van der Waals surface area (Å²) in [7, 11) is 3.43. The highest BCUT2D eigenvalue weighted by molar-refractivity contribution is 7.99. The van der Waals surface area contributed by atoms with Crippen LogP contribution in [0.5, 0.6) is 5.75 Å². The Morgan fingerprint density at radius 1 is 1.16 bits per heavy atom. The molecule has 2 aromatic rings. The Bertz CT molecular complexity index is 959. The number of hydrogen-bond acceptors (Lipinski definition) is 7. The topological polar surface area (TPSA) is 136 Å². The van der Waals surface area contributed by atoms with Gasteiger partial charge in [-0.3, -0.25) is 4.79 Å². The predicted molar refractivity (Wildman–Crippen MR) is 121 cm³/mol. The molecule has 11 heteroatoms. The van der Waals surface area contributed by atoms with Gasteiger partial charge in [-0.2, -0.15) is 0 Å². The van der Waals surface area contributed by atoms with Gasteiger partial charge in [0, 0.05) is 23.0 Å². The van der Waals surface area contributed by atoms with Crippen molar-refractivity contribution in [1.29, 1.82) is 0 Å². The van der Waals surface area contributed by atoms with Crippen LogP contribution in [0.25, 0.3) is 0 Å². The number of aliphatic carboxylic acids is 2. The lowest BCUT2D eigenvalue weighted by molar-refractivity contribution is -0.159. The first-order valence-electron chi connectivity index (χ1n) is 9.40. The van der Waals surface area contributed by atoms with Crippen molar-refractivity contribution in [2.75, 3.05) is 32.1 Å². The number of methoxy groups -OCH3 is 1. The summed E-state index contributed by atoms with van der Waals surface area (Å²) in [4.78, 5) is 33.7. The van der Waals surface area contributed by atoms with Crippen molar-refractivity contribution in [2.24, 2.45) is 0 Å². The number of aliphatic hydroxyl groups is 1. The second-order valence-electron chi connectivity index (χ2n) is 6.57. The second kappa shape index (κ2) is 11.7. The summed E-state index contributed by atoms with van der Waals surface area (Å²) in [5.41, 5.74) is 1.63. The summed E-state index contributed by atoms with van der Waals surface area (Å²) in [5, 5.41) is 28.8. The highest BCUT2D eigenvalue weighted by Crippen LogP contribution is 2.46. The van der Waals surface area contributed by atoms with E-state index in [-0.39, 0.29) is 5.91 Å². The number of anilines is 1. The maximum Gasteiger partial charge on any atom is 0.414 e. The number of ether oxygens (including phenoxy) is 1. The van der Waals surface area contributed by atoms with Gasteiger partial charge in [0.05, 0.1) is 18.0 Å². The molecule has 0 fully saturated rings. The van der Waals surface area contributed by atoms with Crippen LogP contribution in [0.1, 0.15) is 10.8 Å². The zero-order valence-electron chi connectivity index (χ0n) is 17.3. The van der Waals surface area contributed by atoms with Crippen LogP contribution in [-0.2, 0) is 14.4 Å². The van der Waals surface area contributed by atoms with E-state index < -0.39 is 23.3 Å². The molecule has 0 aromatic heterocycles. The van der Waals surface area contributed by atoms with Crippen LogP contribution in [0, 0.1) is 0 Å². The molecule has 1 aliphatic heterocycles. The zero-order valence-corrected chi connectivity index (χ0v) is 18.9. The van der Waals surface area contributed by atoms with E-state index in [1.807, 2.05) is 43.4 Å². The summed E-state index contributed by atoms with van der Waals surface area (Å²) in [6.45, 7) is 1.09. The molecule has 1 aliphatic rings. The van der Waals surface area contributed by atoms with Gasteiger partial charge >= 0.3 is 11.9 Å². The summed E-state index contributed by atoms with van der Waals surface area (Å²) >= 11 is 7.63. The Labute approximate surface area is 193 Å². The normalized spacial score (nSPS) is 17.5. The molecule has 0 spiro atoms. The molecule has 0 unspecified atom stereocenters. The van der Waals surface area contributed by atoms with Crippen molar-refractivity contribution in [3.8, 4) is 5.75 Å². The molecule has 32 heavy (non-hydrogen) atoms. The highest BCUT2D eigenvalue weighted by Gasteiger charge is 2.37. The largest absolute Gasteiger partial charge is 0.497 e. The van der Waals surface area contributed by atoms with Crippen LogP contribution in [0.4, 0.5) is 5.69 Å². The van der Waals surface area contributed by atoms with Crippen LogP contribution >= 0.6 is 23.4 Å². The molecular formula is C21H23ClN2O7S. The molecule has 0 aliphatic carbocycles. The number of nitrogens with one attached hydrogen (secondary N) is 1. The molecule has 0 saturated heterocycles. The number of carboxylic acids is 2. The Hall–Kier alpha value is -2.79. The Balaban J connectivity index is 0.000000534. The van der Waals surface area contributed by atoms with Crippen molar-refractivity contribution in [2.45, 2.75) is 16.2 Å². The molecular weight excluding hydrogens is 460 g/mol. The zero-order chi connectivity index (χ0) is 23.8. The van der Waals surface area contributed by atoms with Crippen molar-refractivity contribution in [3.63, 3.8) is 0 Å². The molecule has 172 valence electrons. The van der Waals surface area contributed by atoms with Crippen LogP contribution in [-0.4, -0.2) is 66.5 Å². The Morgan fingerprint density at radius 3 is 2.31 bits per heavy atom.